The number of halogens is 3. The third kappa shape index (κ3) is 5.49. The maximum absolute atomic E-state index is 12.2. The van der Waals surface area contributed by atoms with Gasteiger partial charge in [-0.3, -0.25) is 0 Å². The van der Waals surface area contributed by atoms with Crippen LogP contribution in [0.5, 0.6) is 5.88 Å². The molecule has 0 saturated heterocycles. The van der Waals surface area contributed by atoms with E-state index in [4.69, 9.17) is 4.74 Å². The number of alkyl halides is 3. The van der Waals surface area contributed by atoms with Crippen LogP contribution in [0.25, 0.3) is 0 Å². The molecule has 0 fully saturated rings. The van der Waals surface area contributed by atoms with E-state index in [0.29, 0.717) is 0 Å². The molecule has 1 rings (SSSR count). The van der Waals surface area contributed by atoms with Gasteiger partial charge in [0.25, 0.3) is 0 Å². The number of aryl methyl sites for hydroxylation is 1. The van der Waals surface area contributed by atoms with E-state index in [-0.39, 0.29) is 11.3 Å². The number of ether oxygens (including phenoxy) is 1. The highest BCUT2D eigenvalue weighted by molar-refractivity contribution is 5.28. The van der Waals surface area contributed by atoms with Crippen molar-refractivity contribution in [1.82, 2.24) is 4.98 Å². The summed E-state index contributed by atoms with van der Waals surface area (Å²) in [7, 11) is 0. The highest BCUT2D eigenvalue weighted by Gasteiger charge is 2.29. The molecule has 0 unspecified atom stereocenters. The van der Waals surface area contributed by atoms with Crippen molar-refractivity contribution in [1.29, 1.82) is 0 Å². The number of rotatable bonds is 4. The predicted molar refractivity (Wildman–Crippen MR) is 68.5 cm³/mol. The second-order valence-electron chi connectivity index (χ2n) is 5.60. The molecule has 0 aliphatic heterocycles. The molecule has 0 bridgehead atoms. The summed E-state index contributed by atoms with van der Waals surface area (Å²) in [5, 5.41) is 0. The lowest BCUT2D eigenvalue weighted by molar-refractivity contribution is -0.154. The van der Waals surface area contributed by atoms with Gasteiger partial charge in [0.15, 0.2) is 6.61 Å². The van der Waals surface area contributed by atoms with Crippen molar-refractivity contribution in [3.8, 4) is 5.88 Å². The number of nitrogens with zero attached hydrogens (tertiary/aromatic N) is 1. The van der Waals surface area contributed by atoms with Gasteiger partial charge in [0.2, 0.25) is 5.88 Å². The number of hydrogen-bond donors (Lipinski definition) is 0. The lowest BCUT2D eigenvalue weighted by atomic mass is 9.90. The number of aromatic nitrogens is 1. The SMILES string of the molecule is CCCc1cc(OCC(F)(F)F)nc(C(C)(C)C)c1. The van der Waals surface area contributed by atoms with E-state index in [9.17, 15) is 13.2 Å². The van der Waals surface area contributed by atoms with E-state index in [2.05, 4.69) is 4.98 Å². The molecule has 0 radical (unpaired) electrons. The minimum absolute atomic E-state index is 0.0493. The second-order valence-corrected chi connectivity index (χ2v) is 5.60. The van der Waals surface area contributed by atoms with Gasteiger partial charge in [-0.25, -0.2) is 4.98 Å². The van der Waals surface area contributed by atoms with E-state index in [1.54, 1.807) is 6.07 Å². The summed E-state index contributed by atoms with van der Waals surface area (Å²) in [6.45, 7) is 6.63. The smallest absolute Gasteiger partial charge is 0.422 e. The molecule has 1 aromatic heterocycles. The Morgan fingerprint density at radius 1 is 1.16 bits per heavy atom. The number of pyridine rings is 1. The number of hydrogen-bond acceptors (Lipinski definition) is 2. The molecule has 2 nitrogen and oxygen atoms in total. The molecular formula is C14H20F3NO. The van der Waals surface area contributed by atoms with E-state index >= 15 is 0 Å². The zero-order valence-electron chi connectivity index (χ0n) is 11.8. The Labute approximate surface area is 112 Å². The van der Waals surface area contributed by atoms with E-state index in [0.717, 1.165) is 24.1 Å². The van der Waals surface area contributed by atoms with Crippen LogP contribution < -0.4 is 4.74 Å². The molecule has 1 heterocycles. The fourth-order valence-electron chi connectivity index (χ4n) is 1.61. The summed E-state index contributed by atoms with van der Waals surface area (Å²) in [6.07, 6.45) is -2.62. The van der Waals surface area contributed by atoms with Gasteiger partial charge in [-0.15, -0.1) is 0 Å². The predicted octanol–water partition coefficient (Wildman–Crippen LogP) is 4.27. The van der Waals surface area contributed by atoms with Crippen LogP contribution in [0.2, 0.25) is 0 Å². The second kappa shape index (κ2) is 5.80. The first-order valence-electron chi connectivity index (χ1n) is 6.33. The quantitative estimate of drug-likeness (QED) is 0.818. The first kappa shape index (κ1) is 15.8. The Balaban J connectivity index is 3.00. The highest BCUT2D eigenvalue weighted by atomic mass is 19.4. The Bertz CT molecular complexity index is 422. The van der Waals surface area contributed by atoms with Crippen LogP contribution in [0.15, 0.2) is 12.1 Å². The third-order valence-electron chi connectivity index (χ3n) is 2.55. The van der Waals surface area contributed by atoms with Crippen LogP contribution in [-0.2, 0) is 11.8 Å². The monoisotopic (exact) mass is 275 g/mol. The zero-order chi connectivity index (χ0) is 14.7. The maximum atomic E-state index is 12.2. The maximum Gasteiger partial charge on any atom is 0.422 e. The summed E-state index contributed by atoms with van der Waals surface area (Å²) < 4.78 is 41.3. The van der Waals surface area contributed by atoms with Crippen molar-refractivity contribution in [3.05, 3.63) is 23.4 Å². The molecule has 5 heteroatoms. The van der Waals surface area contributed by atoms with Crippen LogP contribution in [-0.4, -0.2) is 17.8 Å². The molecule has 19 heavy (non-hydrogen) atoms. The largest absolute Gasteiger partial charge is 0.468 e. The van der Waals surface area contributed by atoms with Crippen molar-refractivity contribution in [2.24, 2.45) is 0 Å². The minimum atomic E-state index is -4.34. The summed E-state index contributed by atoms with van der Waals surface area (Å²) in [4.78, 5) is 4.17. The normalized spacial score (nSPS) is 12.6. The molecular weight excluding hydrogens is 255 g/mol. The average molecular weight is 275 g/mol. The van der Waals surface area contributed by atoms with Gasteiger partial charge in [0, 0.05) is 11.5 Å². The van der Waals surface area contributed by atoms with E-state index < -0.39 is 12.8 Å². The highest BCUT2D eigenvalue weighted by Crippen LogP contribution is 2.26. The molecule has 0 aliphatic rings. The first-order valence-corrected chi connectivity index (χ1v) is 6.33. The van der Waals surface area contributed by atoms with Gasteiger partial charge in [-0.1, -0.05) is 34.1 Å². The van der Waals surface area contributed by atoms with Gasteiger partial charge >= 0.3 is 6.18 Å². The van der Waals surface area contributed by atoms with Crippen LogP contribution in [0.4, 0.5) is 13.2 Å². The van der Waals surface area contributed by atoms with E-state index in [1.807, 2.05) is 33.8 Å². The van der Waals surface area contributed by atoms with Crippen LogP contribution >= 0.6 is 0 Å². The Morgan fingerprint density at radius 2 is 1.79 bits per heavy atom. The molecule has 0 aliphatic carbocycles. The van der Waals surface area contributed by atoms with Gasteiger partial charge in [0.05, 0.1) is 5.69 Å². The van der Waals surface area contributed by atoms with Crippen LogP contribution in [0.1, 0.15) is 45.4 Å². The van der Waals surface area contributed by atoms with Crippen molar-refractivity contribution in [2.45, 2.75) is 52.1 Å². The Kier molecular flexibility index (Phi) is 4.82. The minimum Gasteiger partial charge on any atom is -0.468 e. The average Bonchev–Trinajstić information content (AvgIpc) is 2.24. The lowest BCUT2D eigenvalue weighted by Gasteiger charge is -2.20. The topological polar surface area (TPSA) is 22.1 Å². The molecule has 108 valence electrons. The van der Waals surface area contributed by atoms with Gasteiger partial charge in [-0.05, 0) is 18.1 Å². The summed E-state index contributed by atoms with van der Waals surface area (Å²) in [5.41, 5.74) is 1.48. The molecule has 0 amide bonds. The summed E-state index contributed by atoms with van der Waals surface area (Å²) in [6, 6.07) is 3.52. The Morgan fingerprint density at radius 3 is 2.26 bits per heavy atom. The van der Waals surface area contributed by atoms with Gasteiger partial charge in [0.1, 0.15) is 0 Å². The molecule has 0 N–H and O–H groups in total. The zero-order valence-corrected chi connectivity index (χ0v) is 11.8. The van der Waals surface area contributed by atoms with Crippen LogP contribution in [0, 0.1) is 0 Å². The molecule has 0 saturated carbocycles. The summed E-state index contributed by atoms with van der Waals surface area (Å²) >= 11 is 0. The van der Waals surface area contributed by atoms with Crippen molar-refractivity contribution >= 4 is 0 Å². The van der Waals surface area contributed by atoms with Gasteiger partial charge < -0.3 is 4.74 Å². The Hall–Kier alpha value is -1.26. The fraction of sp³-hybridized carbons (Fsp3) is 0.643. The van der Waals surface area contributed by atoms with Crippen molar-refractivity contribution in [2.75, 3.05) is 6.61 Å². The fourth-order valence-corrected chi connectivity index (χ4v) is 1.61. The third-order valence-corrected chi connectivity index (χ3v) is 2.55. The van der Waals surface area contributed by atoms with Crippen molar-refractivity contribution in [3.63, 3.8) is 0 Å². The molecule has 0 aromatic carbocycles. The summed E-state index contributed by atoms with van der Waals surface area (Å²) in [5.74, 6) is 0.0493. The van der Waals surface area contributed by atoms with E-state index in [1.165, 1.54) is 0 Å². The standard InChI is InChI=1S/C14H20F3NO/c1-5-6-10-7-11(13(2,3)4)18-12(8-10)19-9-14(15,16)17/h7-8H,5-6,9H2,1-4H3. The van der Waals surface area contributed by atoms with Crippen molar-refractivity contribution < 1.29 is 17.9 Å². The van der Waals surface area contributed by atoms with Gasteiger partial charge in [-0.2, -0.15) is 13.2 Å². The lowest BCUT2D eigenvalue weighted by Crippen LogP contribution is -2.21. The molecule has 1 aromatic rings. The molecule has 0 atom stereocenters. The van der Waals surface area contributed by atoms with Crippen LogP contribution in [0.3, 0.4) is 0 Å². The molecule has 0 spiro atoms. The first-order chi connectivity index (χ1) is 8.62.